The second kappa shape index (κ2) is 11.7. The summed E-state index contributed by atoms with van der Waals surface area (Å²) < 4.78 is 31.5. The minimum absolute atomic E-state index is 0.0946. The Balaban J connectivity index is 1.25. The SMILES string of the molecule is COc1cccc(NC(=O)C[C@@H]2CC[C@@H]3[C@@H](COc4ccc(NC(=O)c5ccccc5F)cc4C(=O)N3C)O2)c1. The highest BCUT2D eigenvalue weighted by molar-refractivity contribution is 6.05. The van der Waals surface area contributed by atoms with Gasteiger partial charge in [-0.15, -0.1) is 0 Å². The predicted octanol–water partition coefficient (Wildman–Crippen LogP) is 4.50. The van der Waals surface area contributed by atoms with Gasteiger partial charge < -0.3 is 29.7 Å². The highest BCUT2D eigenvalue weighted by Gasteiger charge is 2.39. The lowest BCUT2D eigenvalue weighted by Crippen LogP contribution is -2.53. The molecule has 9 nitrogen and oxygen atoms in total. The van der Waals surface area contributed by atoms with Crippen molar-refractivity contribution >= 4 is 29.1 Å². The molecule has 1 fully saturated rings. The van der Waals surface area contributed by atoms with Gasteiger partial charge in [-0.2, -0.15) is 0 Å². The van der Waals surface area contributed by atoms with Gasteiger partial charge in [0, 0.05) is 24.5 Å². The number of amides is 3. The fourth-order valence-electron chi connectivity index (χ4n) is 5.07. The standard InChI is InChI=1S/C30H30FN3O6/c1-34-25-12-11-21(16-28(35)32-18-6-5-7-20(14-18)38-2)40-27(25)17-39-26-13-10-19(15-23(26)30(34)37)33-29(36)22-8-3-4-9-24(22)31/h3-10,13-15,21,25,27H,11-12,16-17H2,1-2H3,(H,32,35)(H,33,36)/t21-,25+,27+/m0/s1. The average molecular weight is 548 g/mol. The molecule has 3 amide bonds. The van der Waals surface area contributed by atoms with Gasteiger partial charge in [0.2, 0.25) is 5.91 Å². The van der Waals surface area contributed by atoms with Crippen molar-refractivity contribution in [3.05, 3.63) is 83.7 Å². The first-order chi connectivity index (χ1) is 19.3. The van der Waals surface area contributed by atoms with Crippen LogP contribution >= 0.6 is 0 Å². The van der Waals surface area contributed by atoms with Crippen LogP contribution in [0, 0.1) is 5.82 Å². The van der Waals surface area contributed by atoms with E-state index in [1.54, 1.807) is 61.5 Å². The first-order valence-corrected chi connectivity index (χ1v) is 13.0. The van der Waals surface area contributed by atoms with E-state index in [4.69, 9.17) is 14.2 Å². The number of likely N-dealkylation sites (N-methyl/N-ethyl adjacent to an activating group) is 1. The molecule has 2 aliphatic heterocycles. The third-order valence-electron chi connectivity index (χ3n) is 7.15. The molecule has 0 spiro atoms. The highest BCUT2D eigenvalue weighted by Crippen LogP contribution is 2.33. The molecule has 0 unspecified atom stereocenters. The predicted molar refractivity (Wildman–Crippen MR) is 146 cm³/mol. The lowest BCUT2D eigenvalue weighted by atomic mass is 9.94. The van der Waals surface area contributed by atoms with Gasteiger partial charge in [-0.25, -0.2) is 4.39 Å². The van der Waals surface area contributed by atoms with Gasteiger partial charge in [0.05, 0.1) is 36.8 Å². The Bertz CT molecular complexity index is 1430. The lowest BCUT2D eigenvalue weighted by Gasteiger charge is -2.42. The van der Waals surface area contributed by atoms with Crippen LogP contribution in [0.2, 0.25) is 0 Å². The molecule has 2 N–H and O–H groups in total. The fourth-order valence-corrected chi connectivity index (χ4v) is 5.07. The van der Waals surface area contributed by atoms with E-state index < -0.39 is 17.8 Å². The molecule has 3 aromatic carbocycles. The lowest BCUT2D eigenvalue weighted by molar-refractivity contribution is -0.130. The molecule has 0 saturated carbocycles. The van der Waals surface area contributed by atoms with Crippen molar-refractivity contribution in [1.29, 1.82) is 0 Å². The molecule has 5 rings (SSSR count). The van der Waals surface area contributed by atoms with Crippen LogP contribution in [0.25, 0.3) is 0 Å². The molecular weight excluding hydrogens is 517 g/mol. The zero-order valence-electron chi connectivity index (χ0n) is 22.2. The van der Waals surface area contributed by atoms with Crippen LogP contribution in [0.5, 0.6) is 11.5 Å². The largest absolute Gasteiger partial charge is 0.497 e. The monoisotopic (exact) mass is 547 g/mol. The van der Waals surface area contributed by atoms with Gasteiger partial charge in [0.15, 0.2) is 0 Å². The molecule has 0 bridgehead atoms. The Morgan fingerprint density at radius 2 is 1.82 bits per heavy atom. The third-order valence-corrected chi connectivity index (χ3v) is 7.15. The first kappa shape index (κ1) is 27.1. The number of nitrogens with one attached hydrogen (secondary N) is 2. The van der Waals surface area contributed by atoms with E-state index in [9.17, 15) is 18.8 Å². The zero-order chi connectivity index (χ0) is 28.2. The summed E-state index contributed by atoms with van der Waals surface area (Å²) in [5.74, 6) is -0.722. The topological polar surface area (TPSA) is 106 Å². The number of carbonyl (C=O) groups excluding carboxylic acids is 3. The number of fused-ring (bicyclic) bond motifs is 2. The Morgan fingerprint density at radius 1 is 1.02 bits per heavy atom. The molecule has 0 radical (unpaired) electrons. The maximum absolute atomic E-state index is 14.0. The number of carbonyl (C=O) groups is 3. The van der Waals surface area contributed by atoms with Gasteiger partial charge in [-0.1, -0.05) is 18.2 Å². The molecule has 2 aliphatic rings. The van der Waals surface area contributed by atoms with Crippen molar-refractivity contribution in [2.24, 2.45) is 0 Å². The molecule has 3 aromatic rings. The van der Waals surface area contributed by atoms with Crippen LogP contribution in [-0.4, -0.2) is 61.6 Å². The van der Waals surface area contributed by atoms with Gasteiger partial charge in [-0.3, -0.25) is 14.4 Å². The summed E-state index contributed by atoms with van der Waals surface area (Å²) in [5, 5.41) is 5.52. The average Bonchev–Trinajstić information content (AvgIpc) is 2.95. The molecule has 0 aromatic heterocycles. The summed E-state index contributed by atoms with van der Waals surface area (Å²) in [5.41, 5.74) is 1.17. The Hall–Kier alpha value is -4.44. The second-order valence-corrected chi connectivity index (χ2v) is 9.80. The molecule has 2 heterocycles. The van der Waals surface area contributed by atoms with E-state index in [1.807, 2.05) is 0 Å². The number of hydrogen-bond acceptors (Lipinski definition) is 6. The number of rotatable bonds is 6. The van der Waals surface area contributed by atoms with Crippen LogP contribution in [0.15, 0.2) is 66.7 Å². The van der Waals surface area contributed by atoms with Gasteiger partial charge in [0.25, 0.3) is 11.8 Å². The smallest absolute Gasteiger partial charge is 0.258 e. The quantitative estimate of drug-likeness (QED) is 0.471. The van der Waals surface area contributed by atoms with Crippen molar-refractivity contribution in [3.63, 3.8) is 0 Å². The summed E-state index contributed by atoms with van der Waals surface area (Å²) in [6.45, 7) is 0.185. The van der Waals surface area contributed by atoms with E-state index in [1.165, 1.54) is 24.3 Å². The van der Waals surface area contributed by atoms with Crippen LogP contribution in [0.1, 0.15) is 40.0 Å². The van der Waals surface area contributed by atoms with Crippen LogP contribution in [-0.2, 0) is 9.53 Å². The van der Waals surface area contributed by atoms with Crippen molar-refractivity contribution in [1.82, 2.24) is 4.90 Å². The van der Waals surface area contributed by atoms with E-state index >= 15 is 0 Å². The number of halogens is 1. The third kappa shape index (κ3) is 5.91. The molecule has 40 heavy (non-hydrogen) atoms. The maximum atomic E-state index is 14.0. The molecule has 208 valence electrons. The maximum Gasteiger partial charge on any atom is 0.258 e. The molecular formula is C30H30FN3O6. The zero-order valence-corrected chi connectivity index (χ0v) is 22.2. The Morgan fingerprint density at radius 3 is 2.62 bits per heavy atom. The van der Waals surface area contributed by atoms with E-state index in [-0.39, 0.29) is 48.1 Å². The van der Waals surface area contributed by atoms with E-state index in [0.29, 0.717) is 35.7 Å². The number of nitrogens with zero attached hydrogens (tertiary/aromatic N) is 1. The fraction of sp³-hybridized carbons (Fsp3) is 0.300. The Labute approximate surface area is 231 Å². The normalized spacial score (nSPS) is 20.2. The number of anilines is 2. The van der Waals surface area contributed by atoms with Crippen molar-refractivity contribution in [2.75, 3.05) is 31.4 Å². The molecule has 0 aliphatic carbocycles. The summed E-state index contributed by atoms with van der Waals surface area (Å²) in [4.78, 5) is 40.3. The number of benzene rings is 3. The second-order valence-electron chi connectivity index (χ2n) is 9.80. The van der Waals surface area contributed by atoms with E-state index in [0.717, 1.165) is 0 Å². The summed E-state index contributed by atoms with van der Waals surface area (Å²) in [6, 6.07) is 17.3. The van der Waals surface area contributed by atoms with Gasteiger partial charge in [0.1, 0.15) is 30.0 Å². The van der Waals surface area contributed by atoms with Gasteiger partial charge >= 0.3 is 0 Å². The van der Waals surface area contributed by atoms with Crippen molar-refractivity contribution < 1.29 is 33.0 Å². The number of methoxy groups -OCH3 is 1. The summed E-state index contributed by atoms with van der Waals surface area (Å²) >= 11 is 0. The van der Waals surface area contributed by atoms with Crippen LogP contribution < -0.4 is 20.1 Å². The molecule has 1 saturated heterocycles. The summed E-state index contributed by atoms with van der Waals surface area (Å²) in [6.07, 6.45) is 0.641. The Kier molecular flexibility index (Phi) is 7.97. The molecule has 3 atom stereocenters. The van der Waals surface area contributed by atoms with Crippen molar-refractivity contribution in [3.8, 4) is 11.5 Å². The highest BCUT2D eigenvalue weighted by atomic mass is 19.1. The number of ether oxygens (including phenoxy) is 3. The summed E-state index contributed by atoms with van der Waals surface area (Å²) in [7, 11) is 3.27. The van der Waals surface area contributed by atoms with Gasteiger partial charge in [-0.05, 0) is 55.3 Å². The number of hydrogen-bond donors (Lipinski definition) is 2. The van der Waals surface area contributed by atoms with E-state index in [2.05, 4.69) is 10.6 Å². The molecule has 10 heteroatoms. The van der Waals surface area contributed by atoms with Crippen LogP contribution in [0.4, 0.5) is 15.8 Å². The minimum atomic E-state index is -0.634. The first-order valence-electron chi connectivity index (χ1n) is 13.0. The van der Waals surface area contributed by atoms with Crippen LogP contribution in [0.3, 0.4) is 0 Å². The minimum Gasteiger partial charge on any atom is -0.497 e. The van der Waals surface area contributed by atoms with Crippen molar-refractivity contribution in [2.45, 2.75) is 37.5 Å².